The molecule has 0 heterocycles. The number of ether oxygens (including phenoxy) is 1. The number of nitrogens with zero attached hydrogens (tertiary/aromatic N) is 1. The molecule has 0 aliphatic rings. The standard InChI is InChI=1S/C13H16ClF2NO2/c1-17(7-10(14)8-19-2)13(18)5-9-3-4-11(15)6-12(9)16/h3-4,6,10H,5,7-8H2,1-2H3. The second-order valence-electron chi connectivity index (χ2n) is 4.24. The predicted octanol–water partition coefficient (Wildman–Crippen LogP) is 2.22. The third-order valence-corrected chi connectivity index (χ3v) is 2.87. The number of halogens is 3. The Hall–Kier alpha value is -1.20. The monoisotopic (exact) mass is 291 g/mol. The van der Waals surface area contributed by atoms with Crippen molar-refractivity contribution in [1.82, 2.24) is 4.90 Å². The van der Waals surface area contributed by atoms with E-state index in [1.54, 1.807) is 7.05 Å². The number of amides is 1. The molecule has 1 rings (SSSR count). The minimum atomic E-state index is -0.721. The summed E-state index contributed by atoms with van der Waals surface area (Å²) in [6.07, 6.45) is -0.126. The van der Waals surface area contributed by atoms with E-state index in [1.807, 2.05) is 0 Å². The number of hydrogen-bond donors (Lipinski definition) is 0. The van der Waals surface area contributed by atoms with Crippen molar-refractivity contribution in [3.05, 3.63) is 35.4 Å². The minimum Gasteiger partial charge on any atom is -0.383 e. The highest BCUT2D eigenvalue weighted by Crippen LogP contribution is 2.11. The van der Waals surface area contributed by atoms with Gasteiger partial charge in [-0.15, -0.1) is 11.6 Å². The molecule has 0 saturated carbocycles. The minimum absolute atomic E-state index is 0.126. The highest BCUT2D eigenvalue weighted by molar-refractivity contribution is 6.21. The lowest BCUT2D eigenvalue weighted by Gasteiger charge is -2.20. The van der Waals surface area contributed by atoms with Crippen LogP contribution >= 0.6 is 11.6 Å². The molecule has 0 aromatic heterocycles. The molecule has 3 nitrogen and oxygen atoms in total. The third kappa shape index (κ3) is 5.12. The van der Waals surface area contributed by atoms with E-state index in [2.05, 4.69) is 0 Å². The maximum absolute atomic E-state index is 13.4. The van der Waals surface area contributed by atoms with Gasteiger partial charge < -0.3 is 9.64 Å². The molecular weight excluding hydrogens is 276 g/mol. The van der Waals surface area contributed by atoms with Crippen LogP contribution in [0.25, 0.3) is 0 Å². The van der Waals surface area contributed by atoms with Gasteiger partial charge in [0.05, 0.1) is 18.4 Å². The van der Waals surface area contributed by atoms with Gasteiger partial charge in [0, 0.05) is 26.8 Å². The first-order valence-corrected chi connectivity index (χ1v) is 6.18. The average Bonchev–Trinajstić information content (AvgIpc) is 2.32. The van der Waals surface area contributed by atoms with Crippen LogP contribution in [0.15, 0.2) is 18.2 Å². The van der Waals surface area contributed by atoms with Crippen molar-refractivity contribution in [2.75, 3.05) is 27.3 Å². The van der Waals surface area contributed by atoms with Crippen LogP contribution in [0.4, 0.5) is 8.78 Å². The fraction of sp³-hybridized carbons (Fsp3) is 0.462. The zero-order chi connectivity index (χ0) is 14.4. The zero-order valence-corrected chi connectivity index (χ0v) is 11.6. The van der Waals surface area contributed by atoms with E-state index in [0.717, 1.165) is 12.1 Å². The fourth-order valence-electron chi connectivity index (χ4n) is 1.60. The highest BCUT2D eigenvalue weighted by Gasteiger charge is 2.16. The lowest BCUT2D eigenvalue weighted by molar-refractivity contribution is -0.129. The molecule has 0 aliphatic heterocycles. The number of methoxy groups -OCH3 is 1. The summed E-state index contributed by atoms with van der Waals surface area (Å²) in [6.45, 7) is 0.626. The quantitative estimate of drug-likeness (QED) is 0.752. The third-order valence-electron chi connectivity index (χ3n) is 2.60. The Morgan fingerprint density at radius 1 is 1.47 bits per heavy atom. The number of alkyl halides is 1. The first kappa shape index (κ1) is 15.9. The summed E-state index contributed by atoms with van der Waals surface area (Å²) in [5, 5.41) is -0.322. The number of likely N-dealkylation sites (N-methyl/N-ethyl adjacent to an activating group) is 1. The summed E-state index contributed by atoms with van der Waals surface area (Å²) in [7, 11) is 3.10. The molecule has 1 unspecified atom stereocenters. The fourth-order valence-corrected chi connectivity index (χ4v) is 1.93. The van der Waals surface area contributed by atoms with Gasteiger partial charge in [-0.25, -0.2) is 8.78 Å². The molecule has 1 aromatic carbocycles. The van der Waals surface area contributed by atoms with Crippen molar-refractivity contribution >= 4 is 17.5 Å². The van der Waals surface area contributed by atoms with Crippen molar-refractivity contribution in [2.45, 2.75) is 11.8 Å². The summed E-state index contributed by atoms with van der Waals surface area (Å²) in [6, 6.07) is 3.16. The molecule has 6 heteroatoms. The molecule has 0 radical (unpaired) electrons. The number of hydrogen-bond acceptors (Lipinski definition) is 2. The zero-order valence-electron chi connectivity index (χ0n) is 10.8. The summed E-state index contributed by atoms with van der Waals surface area (Å²) in [5.74, 6) is -1.67. The number of carbonyl (C=O) groups excluding carboxylic acids is 1. The summed E-state index contributed by atoms with van der Waals surface area (Å²) >= 11 is 5.93. The van der Waals surface area contributed by atoms with E-state index in [9.17, 15) is 13.6 Å². The van der Waals surface area contributed by atoms with E-state index in [1.165, 1.54) is 18.1 Å². The molecular formula is C13H16ClF2NO2. The molecule has 1 aromatic rings. The maximum Gasteiger partial charge on any atom is 0.226 e. The van der Waals surface area contributed by atoms with Gasteiger partial charge in [-0.3, -0.25) is 4.79 Å². The Morgan fingerprint density at radius 2 is 2.16 bits per heavy atom. The Morgan fingerprint density at radius 3 is 2.74 bits per heavy atom. The number of benzene rings is 1. The van der Waals surface area contributed by atoms with Gasteiger partial charge >= 0.3 is 0 Å². The van der Waals surface area contributed by atoms with Crippen LogP contribution in [-0.4, -0.2) is 43.5 Å². The lowest BCUT2D eigenvalue weighted by atomic mass is 10.1. The van der Waals surface area contributed by atoms with Gasteiger partial charge in [0.1, 0.15) is 11.6 Å². The molecule has 0 fully saturated rings. The second-order valence-corrected chi connectivity index (χ2v) is 4.86. The molecule has 106 valence electrons. The van der Waals surface area contributed by atoms with Crippen molar-refractivity contribution in [3.63, 3.8) is 0 Å². The van der Waals surface area contributed by atoms with Gasteiger partial charge in [0.2, 0.25) is 5.91 Å². The van der Waals surface area contributed by atoms with E-state index in [-0.39, 0.29) is 23.3 Å². The Balaban J connectivity index is 2.58. The van der Waals surface area contributed by atoms with Gasteiger partial charge in [-0.1, -0.05) is 6.07 Å². The van der Waals surface area contributed by atoms with Gasteiger partial charge in [0.25, 0.3) is 0 Å². The topological polar surface area (TPSA) is 29.5 Å². The number of carbonyl (C=O) groups is 1. The predicted molar refractivity (Wildman–Crippen MR) is 69.2 cm³/mol. The maximum atomic E-state index is 13.4. The Kier molecular flexibility index (Phi) is 6.18. The molecule has 0 bridgehead atoms. The smallest absolute Gasteiger partial charge is 0.226 e. The molecule has 1 atom stereocenters. The van der Waals surface area contributed by atoms with Gasteiger partial charge in [0.15, 0.2) is 0 Å². The van der Waals surface area contributed by atoms with E-state index < -0.39 is 11.6 Å². The highest BCUT2D eigenvalue weighted by atomic mass is 35.5. The van der Waals surface area contributed by atoms with Crippen LogP contribution < -0.4 is 0 Å². The van der Waals surface area contributed by atoms with Crippen LogP contribution in [0.5, 0.6) is 0 Å². The van der Waals surface area contributed by atoms with Crippen molar-refractivity contribution in [1.29, 1.82) is 0 Å². The van der Waals surface area contributed by atoms with Crippen molar-refractivity contribution in [3.8, 4) is 0 Å². The van der Waals surface area contributed by atoms with E-state index in [0.29, 0.717) is 13.2 Å². The van der Waals surface area contributed by atoms with Crippen molar-refractivity contribution in [2.24, 2.45) is 0 Å². The SMILES string of the molecule is COCC(Cl)CN(C)C(=O)Cc1ccc(F)cc1F. The summed E-state index contributed by atoms with van der Waals surface area (Å²) in [5.41, 5.74) is 0.163. The number of rotatable bonds is 6. The molecule has 0 saturated heterocycles. The molecule has 0 aliphatic carbocycles. The van der Waals surface area contributed by atoms with Crippen LogP contribution in [0.3, 0.4) is 0 Å². The van der Waals surface area contributed by atoms with Crippen LogP contribution in [0.1, 0.15) is 5.56 Å². The Bertz CT molecular complexity index is 443. The van der Waals surface area contributed by atoms with Crippen LogP contribution in [-0.2, 0) is 16.0 Å². The Labute approximate surface area is 116 Å². The normalized spacial score (nSPS) is 12.3. The summed E-state index contributed by atoms with van der Waals surface area (Å²) < 4.78 is 31.0. The molecule has 0 N–H and O–H groups in total. The van der Waals surface area contributed by atoms with Gasteiger partial charge in [-0.2, -0.15) is 0 Å². The van der Waals surface area contributed by atoms with Crippen LogP contribution in [0, 0.1) is 11.6 Å². The van der Waals surface area contributed by atoms with E-state index in [4.69, 9.17) is 16.3 Å². The largest absolute Gasteiger partial charge is 0.383 e. The average molecular weight is 292 g/mol. The lowest BCUT2D eigenvalue weighted by Crippen LogP contribution is -2.35. The first-order chi connectivity index (χ1) is 8.93. The molecule has 0 spiro atoms. The van der Waals surface area contributed by atoms with E-state index >= 15 is 0 Å². The first-order valence-electron chi connectivity index (χ1n) is 5.75. The summed E-state index contributed by atoms with van der Waals surface area (Å²) in [4.78, 5) is 13.3. The second kappa shape index (κ2) is 7.40. The molecule has 1 amide bonds. The molecule has 19 heavy (non-hydrogen) atoms. The van der Waals surface area contributed by atoms with Crippen LogP contribution in [0.2, 0.25) is 0 Å². The van der Waals surface area contributed by atoms with Crippen molar-refractivity contribution < 1.29 is 18.3 Å². The van der Waals surface area contributed by atoms with Gasteiger partial charge in [-0.05, 0) is 11.6 Å².